The van der Waals surface area contributed by atoms with Gasteiger partial charge < -0.3 is 19.9 Å². The van der Waals surface area contributed by atoms with Crippen LogP contribution in [0.1, 0.15) is 38.9 Å². The minimum Gasteiger partial charge on any atom is -0.492 e. The molecule has 1 fully saturated rings. The third-order valence-corrected chi connectivity index (χ3v) is 4.79. The highest BCUT2D eigenvalue weighted by atomic mass is 35.5. The van der Waals surface area contributed by atoms with Gasteiger partial charge in [0.2, 0.25) is 0 Å². The van der Waals surface area contributed by atoms with Crippen LogP contribution in [0.5, 0.6) is 5.75 Å². The average molecular weight is 367 g/mol. The maximum atomic E-state index is 6.23. The van der Waals surface area contributed by atoms with Gasteiger partial charge in [-0.25, -0.2) is 0 Å². The first-order chi connectivity index (χ1) is 11.6. The van der Waals surface area contributed by atoms with E-state index in [-0.39, 0.29) is 12.4 Å². The van der Waals surface area contributed by atoms with E-state index < -0.39 is 5.54 Å². The molecule has 25 heavy (non-hydrogen) atoms. The normalized spacial score (nSPS) is 15.5. The molecule has 138 valence electrons. The highest BCUT2D eigenvalue weighted by molar-refractivity contribution is 5.85. The Morgan fingerprint density at radius 1 is 1.20 bits per heavy atom. The van der Waals surface area contributed by atoms with Gasteiger partial charge in [0.1, 0.15) is 12.4 Å². The number of rotatable bonds is 8. The van der Waals surface area contributed by atoms with E-state index in [1.54, 1.807) is 0 Å². The third kappa shape index (κ3) is 4.51. The minimum absolute atomic E-state index is 0. The lowest BCUT2D eigenvalue weighted by Crippen LogP contribution is -2.44. The van der Waals surface area contributed by atoms with Crippen LogP contribution >= 0.6 is 12.4 Å². The SMILES string of the molecule is CCN(CC)CCOc1ccc(-c2nc(C3(N)CCC3)no2)cc1.Cl. The van der Waals surface area contributed by atoms with Crippen LogP contribution in [0.2, 0.25) is 0 Å². The van der Waals surface area contributed by atoms with E-state index in [0.29, 0.717) is 18.3 Å². The van der Waals surface area contributed by atoms with Gasteiger partial charge in [0.15, 0.2) is 5.82 Å². The zero-order valence-corrected chi connectivity index (χ0v) is 15.7. The first kappa shape index (κ1) is 19.7. The summed E-state index contributed by atoms with van der Waals surface area (Å²) in [7, 11) is 0. The van der Waals surface area contributed by atoms with Crippen molar-refractivity contribution in [1.29, 1.82) is 0 Å². The summed E-state index contributed by atoms with van der Waals surface area (Å²) in [6, 6.07) is 7.74. The Morgan fingerprint density at radius 2 is 1.88 bits per heavy atom. The monoisotopic (exact) mass is 366 g/mol. The van der Waals surface area contributed by atoms with Crippen LogP contribution in [0, 0.1) is 0 Å². The van der Waals surface area contributed by atoms with E-state index in [4.69, 9.17) is 15.0 Å². The summed E-state index contributed by atoms with van der Waals surface area (Å²) in [6.45, 7) is 8.02. The summed E-state index contributed by atoms with van der Waals surface area (Å²) in [5, 5.41) is 4.05. The molecule has 1 aromatic heterocycles. The van der Waals surface area contributed by atoms with Gasteiger partial charge in [0, 0.05) is 12.1 Å². The number of hydrogen-bond acceptors (Lipinski definition) is 6. The molecule has 1 heterocycles. The molecule has 0 radical (unpaired) electrons. The number of hydrogen-bond donors (Lipinski definition) is 1. The molecular formula is C18H27ClN4O2. The predicted molar refractivity (Wildman–Crippen MR) is 100.0 cm³/mol. The van der Waals surface area contributed by atoms with E-state index >= 15 is 0 Å². The maximum Gasteiger partial charge on any atom is 0.257 e. The molecule has 0 bridgehead atoms. The van der Waals surface area contributed by atoms with Gasteiger partial charge in [-0.1, -0.05) is 19.0 Å². The molecule has 0 unspecified atom stereocenters. The number of nitrogens with zero attached hydrogens (tertiary/aromatic N) is 3. The molecule has 2 N–H and O–H groups in total. The van der Waals surface area contributed by atoms with Gasteiger partial charge in [-0.15, -0.1) is 12.4 Å². The van der Waals surface area contributed by atoms with Gasteiger partial charge in [0.25, 0.3) is 5.89 Å². The number of likely N-dealkylation sites (N-methyl/N-ethyl adjacent to an activating group) is 1. The summed E-state index contributed by atoms with van der Waals surface area (Å²) in [5.41, 5.74) is 6.72. The minimum atomic E-state index is -0.394. The number of halogens is 1. The summed E-state index contributed by atoms with van der Waals surface area (Å²) in [5.74, 6) is 1.97. The molecule has 1 aliphatic carbocycles. The number of nitrogens with two attached hydrogens (primary N) is 1. The molecular weight excluding hydrogens is 340 g/mol. The van der Waals surface area contributed by atoms with Crippen LogP contribution < -0.4 is 10.5 Å². The lowest BCUT2D eigenvalue weighted by Gasteiger charge is -2.34. The second-order valence-electron chi connectivity index (χ2n) is 6.33. The van der Waals surface area contributed by atoms with Crippen molar-refractivity contribution < 1.29 is 9.26 Å². The number of ether oxygens (including phenoxy) is 1. The highest BCUT2D eigenvalue weighted by Gasteiger charge is 2.39. The fourth-order valence-corrected chi connectivity index (χ4v) is 2.85. The first-order valence-electron chi connectivity index (χ1n) is 8.73. The lowest BCUT2D eigenvalue weighted by molar-refractivity contribution is 0.223. The van der Waals surface area contributed by atoms with Crippen LogP contribution in [-0.2, 0) is 5.54 Å². The molecule has 2 aromatic rings. The van der Waals surface area contributed by atoms with Crippen molar-refractivity contribution >= 4 is 12.4 Å². The van der Waals surface area contributed by atoms with E-state index in [1.807, 2.05) is 24.3 Å². The second-order valence-corrected chi connectivity index (χ2v) is 6.33. The number of aromatic nitrogens is 2. The van der Waals surface area contributed by atoms with Crippen molar-refractivity contribution in [2.75, 3.05) is 26.2 Å². The molecule has 3 rings (SSSR count). The molecule has 1 aliphatic rings. The molecule has 6 nitrogen and oxygen atoms in total. The summed E-state index contributed by atoms with van der Waals surface area (Å²) in [4.78, 5) is 6.79. The fourth-order valence-electron chi connectivity index (χ4n) is 2.85. The van der Waals surface area contributed by atoms with Crippen LogP contribution in [-0.4, -0.2) is 41.3 Å². The molecule has 1 aromatic carbocycles. The molecule has 0 atom stereocenters. The zero-order valence-electron chi connectivity index (χ0n) is 14.9. The third-order valence-electron chi connectivity index (χ3n) is 4.79. The Bertz CT molecular complexity index is 651. The van der Waals surface area contributed by atoms with Gasteiger partial charge in [-0.05, 0) is 56.6 Å². The maximum absolute atomic E-state index is 6.23. The highest BCUT2D eigenvalue weighted by Crippen LogP contribution is 2.37. The van der Waals surface area contributed by atoms with Crippen LogP contribution in [0.4, 0.5) is 0 Å². The lowest BCUT2D eigenvalue weighted by atomic mass is 9.77. The largest absolute Gasteiger partial charge is 0.492 e. The summed E-state index contributed by atoms with van der Waals surface area (Å²) in [6.07, 6.45) is 2.97. The summed E-state index contributed by atoms with van der Waals surface area (Å²) >= 11 is 0. The molecule has 7 heteroatoms. The molecule has 0 spiro atoms. The Labute approximate surface area is 155 Å². The van der Waals surface area contributed by atoms with Crippen molar-refractivity contribution in [3.8, 4) is 17.2 Å². The molecule has 1 saturated carbocycles. The standard InChI is InChI=1S/C18H26N4O2.ClH/c1-3-22(4-2)12-13-23-15-8-6-14(7-9-15)16-20-17(21-24-16)18(19)10-5-11-18;/h6-9H,3-5,10-13,19H2,1-2H3;1H. The average Bonchev–Trinajstić information content (AvgIpc) is 3.07. The van der Waals surface area contributed by atoms with E-state index in [1.165, 1.54) is 0 Å². The van der Waals surface area contributed by atoms with Crippen molar-refractivity contribution in [2.24, 2.45) is 5.73 Å². The van der Waals surface area contributed by atoms with Crippen molar-refractivity contribution in [3.63, 3.8) is 0 Å². The smallest absolute Gasteiger partial charge is 0.257 e. The quantitative estimate of drug-likeness (QED) is 0.772. The van der Waals surface area contributed by atoms with Gasteiger partial charge in [-0.2, -0.15) is 4.98 Å². The van der Waals surface area contributed by atoms with E-state index in [9.17, 15) is 0 Å². The molecule has 0 saturated heterocycles. The Hall–Kier alpha value is -1.63. The topological polar surface area (TPSA) is 77.4 Å². The van der Waals surface area contributed by atoms with Gasteiger partial charge in [-0.3, -0.25) is 0 Å². The van der Waals surface area contributed by atoms with Crippen molar-refractivity contribution in [1.82, 2.24) is 15.0 Å². The molecule has 0 amide bonds. The van der Waals surface area contributed by atoms with Gasteiger partial charge in [0.05, 0.1) is 5.54 Å². The van der Waals surface area contributed by atoms with Crippen LogP contribution in [0.15, 0.2) is 28.8 Å². The number of benzene rings is 1. The Morgan fingerprint density at radius 3 is 2.44 bits per heavy atom. The fraction of sp³-hybridized carbons (Fsp3) is 0.556. The molecule has 0 aliphatic heterocycles. The van der Waals surface area contributed by atoms with E-state index in [0.717, 1.165) is 50.2 Å². The van der Waals surface area contributed by atoms with Crippen molar-refractivity contribution in [2.45, 2.75) is 38.6 Å². The first-order valence-corrected chi connectivity index (χ1v) is 8.73. The second kappa shape index (κ2) is 8.65. The van der Waals surface area contributed by atoms with Crippen molar-refractivity contribution in [3.05, 3.63) is 30.1 Å². The summed E-state index contributed by atoms with van der Waals surface area (Å²) < 4.78 is 11.2. The van der Waals surface area contributed by atoms with Crippen LogP contribution in [0.25, 0.3) is 11.5 Å². The Balaban J connectivity index is 0.00000225. The zero-order chi connectivity index (χ0) is 17.0. The van der Waals surface area contributed by atoms with Crippen LogP contribution in [0.3, 0.4) is 0 Å². The predicted octanol–water partition coefficient (Wildman–Crippen LogP) is 3.22. The van der Waals surface area contributed by atoms with Gasteiger partial charge >= 0.3 is 0 Å². The Kier molecular flexibility index (Phi) is 6.81. The van der Waals surface area contributed by atoms with E-state index in [2.05, 4.69) is 28.9 Å².